The summed E-state index contributed by atoms with van der Waals surface area (Å²) in [5, 5.41) is 13.3. The summed E-state index contributed by atoms with van der Waals surface area (Å²) in [6.45, 7) is 3.39. The zero-order chi connectivity index (χ0) is 20.0. The van der Waals surface area contributed by atoms with Gasteiger partial charge in [0.15, 0.2) is 6.10 Å². The van der Waals surface area contributed by atoms with Gasteiger partial charge in [0, 0.05) is 6.07 Å². The smallest absolute Gasteiger partial charge is 0.311 e. The van der Waals surface area contributed by atoms with Crippen LogP contribution in [-0.2, 0) is 20.7 Å². The van der Waals surface area contributed by atoms with Gasteiger partial charge in [-0.05, 0) is 25.5 Å². The number of methoxy groups -OCH3 is 1. The number of rotatable bonds is 7. The number of carbonyl (C=O) groups excluding carboxylic acids is 2. The summed E-state index contributed by atoms with van der Waals surface area (Å²) in [7, 11) is 1.33. The van der Waals surface area contributed by atoms with E-state index in [1.807, 2.05) is 31.2 Å². The molecular formula is C19H20N2O6. The predicted molar refractivity (Wildman–Crippen MR) is 98.7 cm³/mol. The number of aryl methyl sites for hydroxylation is 1. The lowest BCUT2D eigenvalue weighted by Gasteiger charge is -2.15. The number of hydrogen-bond acceptors (Lipinski definition) is 6. The quantitative estimate of drug-likeness (QED) is 0.455. The first-order valence-corrected chi connectivity index (χ1v) is 8.18. The Bertz CT molecular complexity index is 848. The van der Waals surface area contributed by atoms with Crippen LogP contribution < -0.4 is 10.1 Å². The molecule has 2 rings (SSSR count). The van der Waals surface area contributed by atoms with Crippen LogP contribution in [0.15, 0.2) is 42.5 Å². The molecule has 0 aliphatic rings. The van der Waals surface area contributed by atoms with E-state index in [0.29, 0.717) is 0 Å². The second-order valence-corrected chi connectivity index (χ2v) is 5.93. The number of amides is 1. The van der Waals surface area contributed by atoms with Gasteiger partial charge < -0.3 is 14.8 Å². The number of nitro benzene ring substituents is 1. The highest BCUT2D eigenvalue weighted by atomic mass is 16.6. The van der Waals surface area contributed by atoms with E-state index in [0.717, 1.165) is 11.1 Å². The standard InChI is InChI=1S/C19H20N2O6/c1-12-4-6-14(7-5-12)10-18(22)27-13(2)19(23)20-16-9-8-15(21(24)25)11-17(16)26-3/h4-9,11,13H,10H2,1-3H3,(H,20,23)/t13-/m1/s1. The first kappa shape index (κ1) is 19.9. The van der Waals surface area contributed by atoms with Crippen LogP contribution in [-0.4, -0.2) is 30.0 Å². The van der Waals surface area contributed by atoms with Crippen LogP contribution >= 0.6 is 0 Å². The molecule has 0 bridgehead atoms. The van der Waals surface area contributed by atoms with Gasteiger partial charge in [0.05, 0.1) is 30.2 Å². The fourth-order valence-corrected chi connectivity index (χ4v) is 2.30. The number of ether oxygens (including phenoxy) is 2. The van der Waals surface area contributed by atoms with Crippen molar-refractivity contribution in [3.8, 4) is 5.75 Å². The largest absolute Gasteiger partial charge is 0.494 e. The Balaban J connectivity index is 1.97. The van der Waals surface area contributed by atoms with Crippen LogP contribution in [0.5, 0.6) is 5.75 Å². The minimum Gasteiger partial charge on any atom is -0.494 e. The Morgan fingerprint density at radius 2 is 1.85 bits per heavy atom. The topological polar surface area (TPSA) is 108 Å². The summed E-state index contributed by atoms with van der Waals surface area (Å²) in [4.78, 5) is 34.5. The number of nitrogens with zero attached hydrogens (tertiary/aromatic N) is 1. The predicted octanol–water partition coefficient (Wildman–Crippen LogP) is 3.02. The molecule has 0 aliphatic heterocycles. The maximum Gasteiger partial charge on any atom is 0.311 e. The summed E-state index contributed by atoms with van der Waals surface area (Å²) in [5.74, 6) is -0.965. The Kier molecular flexibility index (Phi) is 6.48. The van der Waals surface area contributed by atoms with E-state index in [-0.39, 0.29) is 23.5 Å². The first-order chi connectivity index (χ1) is 12.8. The van der Waals surface area contributed by atoms with Gasteiger partial charge in [-0.1, -0.05) is 29.8 Å². The molecule has 0 unspecified atom stereocenters. The summed E-state index contributed by atoms with van der Waals surface area (Å²) in [6.07, 6.45) is -0.985. The van der Waals surface area contributed by atoms with E-state index in [1.165, 1.54) is 32.2 Å². The number of anilines is 1. The number of esters is 1. The van der Waals surface area contributed by atoms with Crippen molar-refractivity contribution in [1.82, 2.24) is 0 Å². The molecule has 27 heavy (non-hydrogen) atoms. The molecular weight excluding hydrogens is 352 g/mol. The molecule has 1 amide bonds. The van der Waals surface area contributed by atoms with E-state index in [2.05, 4.69) is 5.32 Å². The maximum atomic E-state index is 12.3. The highest BCUT2D eigenvalue weighted by molar-refractivity contribution is 5.96. The van der Waals surface area contributed by atoms with Crippen LogP contribution in [0.2, 0.25) is 0 Å². The Labute approximate surface area is 156 Å². The van der Waals surface area contributed by atoms with Crippen molar-refractivity contribution < 1.29 is 24.0 Å². The fraction of sp³-hybridized carbons (Fsp3) is 0.263. The molecule has 8 heteroatoms. The third-order valence-corrected chi connectivity index (χ3v) is 3.80. The van der Waals surface area contributed by atoms with Gasteiger partial charge in [0.25, 0.3) is 11.6 Å². The molecule has 2 aromatic rings. The van der Waals surface area contributed by atoms with Gasteiger partial charge in [-0.3, -0.25) is 19.7 Å². The number of nitro groups is 1. The molecule has 8 nitrogen and oxygen atoms in total. The molecule has 0 heterocycles. The summed E-state index contributed by atoms with van der Waals surface area (Å²) in [6, 6.07) is 11.2. The van der Waals surface area contributed by atoms with Crippen molar-refractivity contribution in [2.75, 3.05) is 12.4 Å². The second-order valence-electron chi connectivity index (χ2n) is 5.93. The zero-order valence-electron chi connectivity index (χ0n) is 15.2. The van der Waals surface area contributed by atoms with Gasteiger partial charge in [-0.2, -0.15) is 0 Å². The van der Waals surface area contributed by atoms with Crippen molar-refractivity contribution in [3.63, 3.8) is 0 Å². The summed E-state index contributed by atoms with van der Waals surface area (Å²) >= 11 is 0. The lowest BCUT2D eigenvalue weighted by atomic mass is 10.1. The normalized spacial score (nSPS) is 11.4. The number of hydrogen-bond donors (Lipinski definition) is 1. The average Bonchev–Trinajstić information content (AvgIpc) is 2.63. The average molecular weight is 372 g/mol. The van der Waals surface area contributed by atoms with Crippen LogP contribution in [0, 0.1) is 17.0 Å². The minimum atomic E-state index is -1.04. The number of carbonyl (C=O) groups is 2. The second kappa shape index (κ2) is 8.79. The van der Waals surface area contributed by atoms with Crippen molar-refractivity contribution in [1.29, 1.82) is 0 Å². The Morgan fingerprint density at radius 1 is 1.19 bits per heavy atom. The van der Waals surface area contributed by atoms with Crippen molar-refractivity contribution in [2.24, 2.45) is 0 Å². The SMILES string of the molecule is COc1cc([N+](=O)[O-])ccc1NC(=O)[C@@H](C)OC(=O)Cc1ccc(C)cc1. The lowest BCUT2D eigenvalue weighted by Crippen LogP contribution is -2.30. The van der Waals surface area contributed by atoms with E-state index >= 15 is 0 Å². The van der Waals surface area contributed by atoms with E-state index in [1.54, 1.807) is 0 Å². The molecule has 1 atom stereocenters. The van der Waals surface area contributed by atoms with Crippen LogP contribution in [0.25, 0.3) is 0 Å². The van der Waals surface area contributed by atoms with Gasteiger partial charge in [0.2, 0.25) is 0 Å². The number of non-ortho nitro benzene ring substituents is 1. The lowest BCUT2D eigenvalue weighted by molar-refractivity contribution is -0.384. The van der Waals surface area contributed by atoms with E-state index < -0.39 is 22.9 Å². The number of benzene rings is 2. The summed E-state index contributed by atoms with van der Waals surface area (Å²) < 4.78 is 10.2. The zero-order valence-corrected chi connectivity index (χ0v) is 15.2. The van der Waals surface area contributed by atoms with Crippen LogP contribution in [0.4, 0.5) is 11.4 Å². The Morgan fingerprint density at radius 3 is 2.44 bits per heavy atom. The van der Waals surface area contributed by atoms with Crippen molar-refractivity contribution in [3.05, 3.63) is 63.7 Å². The van der Waals surface area contributed by atoms with Gasteiger partial charge in [-0.15, -0.1) is 0 Å². The van der Waals surface area contributed by atoms with E-state index in [9.17, 15) is 19.7 Å². The Hall–Kier alpha value is -3.42. The molecule has 0 spiro atoms. The van der Waals surface area contributed by atoms with Crippen LogP contribution in [0.1, 0.15) is 18.1 Å². The highest BCUT2D eigenvalue weighted by Crippen LogP contribution is 2.29. The van der Waals surface area contributed by atoms with Gasteiger partial charge in [0.1, 0.15) is 5.75 Å². The molecule has 2 aromatic carbocycles. The first-order valence-electron chi connectivity index (χ1n) is 8.18. The van der Waals surface area contributed by atoms with Crippen molar-refractivity contribution in [2.45, 2.75) is 26.4 Å². The van der Waals surface area contributed by atoms with Gasteiger partial charge >= 0.3 is 5.97 Å². The maximum absolute atomic E-state index is 12.3. The highest BCUT2D eigenvalue weighted by Gasteiger charge is 2.20. The fourth-order valence-electron chi connectivity index (χ4n) is 2.30. The molecule has 0 radical (unpaired) electrons. The molecule has 0 aliphatic carbocycles. The van der Waals surface area contributed by atoms with Crippen LogP contribution in [0.3, 0.4) is 0 Å². The molecule has 0 fully saturated rings. The number of nitrogens with one attached hydrogen (secondary N) is 1. The molecule has 0 saturated heterocycles. The molecule has 1 N–H and O–H groups in total. The monoisotopic (exact) mass is 372 g/mol. The van der Waals surface area contributed by atoms with E-state index in [4.69, 9.17) is 9.47 Å². The minimum absolute atomic E-state index is 0.0543. The van der Waals surface area contributed by atoms with Crippen molar-refractivity contribution >= 4 is 23.3 Å². The van der Waals surface area contributed by atoms with Gasteiger partial charge in [-0.25, -0.2) is 0 Å². The molecule has 142 valence electrons. The third-order valence-electron chi connectivity index (χ3n) is 3.80. The summed E-state index contributed by atoms with van der Waals surface area (Å²) in [5.41, 5.74) is 1.95. The third kappa shape index (κ3) is 5.53. The molecule has 0 aromatic heterocycles. The molecule has 0 saturated carbocycles.